The van der Waals surface area contributed by atoms with E-state index >= 15 is 4.39 Å². The van der Waals surface area contributed by atoms with Gasteiger partial charge >= 0.3 is 0 Å². The van der Waals surface area contributed by atoms with Gasteiger partial charge in [0.15, 0.2) is 0 Å². The third-order valence-corrected chi connectivity index (χ3v) is 16.4. The van der Waals surface area contributed by atoms with E-state index in [1.165, 1.54) is 5.19 Å². The standard InChI is InChI=1S/C52H32FN2O.C17H22NSi.Ir/c1-32-25-27-42(51-48(32)41-28-26-36(29-47(41)56-51)33-15-5-2-6-16-33)52-54-49-39-23-13-11-21-37(39)38-22-12-14-24-40(38)50(49)55(52)46-31-43(34-17-7-3-8-18-34)45(53)30-44(46)35-19-9-4-10-20-35;1-13(2)15-11-16(14-9-7-6-8-10-14)18-12-17(15)19(3,4)5;/h2-26,28-31H,1H3;6-9,11-13H,1-5H3;/q2*-1;/i;13D;. The van der Waals surface area contributed by atoms with Gasteiger partial charge in [-0.15, -0.1) is 53.6 Å². The molecule has 0 saturated carbocycles. The van der Waals surface area contributed by atoms with Crippen LogP contribution in [0.15, 0.2) is 217 Å². The maximum absolute atomic E-state index is 16.5. The topological polar surface area (TPSA) is 43.9 Å². The Hall–Kier alpha value is -8.06. The minimum atomic E-state index is -1.50. The number of imidazole rings is 1. The fourth-order valence-corrected chi connectivity index (χ4v) is 12.2. The molecule has 3 aromatic heterocycles. The molecule has 0 aliphatic carbocycles. The molecule has 0 amide bonds. The molecular formula is C69H54FIrN3OSi-2. The van der Waals surface area contributed by atoms with E-state index in [0.717, 1.165) is 110 Å². The van der Waals surface area contributed by atoms with Gasteiger partial charge in [-0.25, -0.2) is 4.39 Å². The van der Waals surface area contributed by atoms with Gasteiger partial charge in [-0.2, -0.15) is 0 Å². The second-order valence-corrected chi connectivity index (χ2v) is 25.6. The SMILES string of the molecule is Cc1c[c-]c(-c2nc3c4ccccc4c4ccccc4c3n2-c2cc(-c3ccccc3)c(F)cc2-c2ccccc2)c2oc3cc(-c4ccccc4)ccc3c12.[2H]C(C)(C)c1cc(-c2[c-]cccc2)ncc1[Si](C)(C)C.[Ir]. The minimum Gasteiger partial charge on any atom is -0.501 e. The Kier molecular flexibility index (Phi) is 13.2. The zero-order chi connectivity index (χ0) is 52.3. The Morgan fingerprint density at radius 1 is 0.618 bits per heavy atom. The monoisotopic (exact) mass is 1180 g/mol. The Labute approximate surface area is 459 Å². The summed E-state index contributed by atoms with van der Waals surface area (Å²) in [6.07, 6.45) is 1.98. The summed E-state index contributed by atoms with van der Waals surface area (Å²) in [7, 11) is -1.50. The Bertz CT molecular complexity index is 4320. The summed E-state index contributed by atoms with van der Waals surface area (Å²) >= 11 is 0. The first-order chi connectivity index (χ1) is 36.8. The molecule has 373 valence electrons. The molecule has 0 N–H and O–H groups in total. The largest absolute Gasteiger partial charge is 0.501 e. The quantitative estimate of drug-likeness (QED) is 0.0865. The van der Waals surface area contributed by atoms with Gasteiger partial charge in [0, 0.05) is 60.6 Å². The molecule has 0 atom stereocenters. The molecule has 7 heteroatoms. The molecule has 13 rings (SSSR count). The second-order valence-electron chi connectivity index (χ2n) is 20.5. The van der Waals surface area contributed by atoms with Gasteiger partial charge in [-0.1, -0.05) is 215 Å². The van der Waals surface area contributed by atoms with Crippen LogP contribution in [0.5, 0.6) is 0 Å². The van der Waals surface area contributed by atoms with E-state index in [0.29, 0.717) is 17.0 Å². The average molecular weight is 1180 g/mol. The van der Waals surface area contributed by atoms with Crippen molar-refractivity contribution in [1.82, 2.24) is 14.5 Å². The van der Waals surface area contributed by atoms with Gasteiger partial charge < -0.3 is 14.0 Å². The molecule has 0 unspecified atom stereocenters. The maximum atomic E-state index is 16.5. The van der Waals surface area contributed by atoms with Crippen LogP contribution < -0.4 is 5.19 Å². The number of pyridine rings is 1. The van der Waals surface area contributed by atoms with Crippen LogP contribution in [0.1, 0.15) is 32.2 Å². The number of benzene rings is 10. The zero-order valence-electron chi connectivity index (χ0n) is 44.2. The van der Waals surface area contributed by atoms with Crippen molar-refractivity contribution in [3.8, 4) is 61.7 Å². The number of aryl methyl sites for hydroxylation is 1. The summed E-state index contributed by atoms with van der Waals surface area (Å²) in [5.41, 5.74) is 14.0. The molecule has 3 heterocycles. The van der Waals surface area contributed by atoms with Crippen LogP contribution >= 0.6 is 0 Å². The molecule has 76 heavy (non-hydrogen) atoms. The van der Waals surface area contributed by atoms with Gasteiger partial charge in [0.25, 0.3) is 0 Å². The fourth-order valence-electron chi connectivity index (χ4n) is 10.7. The molecule has 0 saturated heterocycles. The van der Waals surface area contributed by atoms with Crippen molar-refractivity contribution in [3.05, 3.63) is 242 Å². The van der Waals surface area contributed by atoms with Crippen LogP contribution in [0.3, 0.4) is 0 Å². The van der Waals surface area contributed by atoms with Crippen LogP contribution in [0.25, 0.3) is 116 Å². The molecule has 0 aliphatic rings. The van der Waals surface area contributed by atoms with E-state index in [1.54, 1.807) is 6.07 Å². The molecular weight excluding hydrogens is 1130 g/mol. The first kappa shape index (κ1) is 48.9. The fraction of sp³-hybridized carbons (Fsp3) is 0.101. The van der Waals surface area contributed by atoms with Crippen molar-refractivity contribution in [3.63, 3.8) is 0 Å². The van der Waals surface area contributed by atoms with Crippen molar-refractivity contribution in [2.75, 3.05) is 0 Å². The van der Waals surface area contributed by atoms with Crippen molar-refractivity contribution >= 4 is 67.8 Å². The third-order valence-electron chi connectivity index (χ3n) is 14.3. The number of nitrogens with zero attached hydrogens (tertiary/aromatic N) is 3. The molecule has 10 aromatic carbocycles. The number of rotatable bonds is 8. The predicted octanol–water partition coefficient (Wildman–Crippen LogP) is 18.4. The number of fused-ring (bicyclic) bond motifs is 9. The third kappa shape index (κ3) is 9.09. The van der Waals surface area contributed by atoms with E-state index in [4.69, 9.17) is 10.8 Å². The molecule has 0 aliphatic heterocycles. The van der Waals surface area contributed by atoms with Crippen molar-refractivity contribution in [2.45, 2.75) is 46.3 Å². The normalized spacial score (nSPS) is 12.0. The smallest absolute Gasteiger partial charge is 0.131 e. The zero-order valence-corrected chi connectivity index (χ0v) is 46.6. The summed E-state index contributed by atoms with van der Waals surface area (Å²) in [5.74, 6) is -0.241. The molecule has 1 radical (unpaired) electrons. The van der Waals surface area contributed by atoms with E-state index in [-0.39, 0.29) is 25.9 Å². The van der Waals surface area contributed by atoms with Crippen LogP contribution in [0, 0.1) is 24.9 Å². The predicted molar refractivity (Wildman–Crippen MR) is 314 cm³/mol. The van der Waals surface area contributed by atoms with Gasteiger partial charge in [0.2, 0.25) is 0 Å². The molecule has 13 aromatic rings. The summed E-state index contributed by atoms with van der Waals surface area (Å²) in [6, 6.07) is 76.0. The Morgan fingerprint density at radius 3 is 1.87 bits per heavy atom. The number of halogens is 1. The molecule has 0 bridgehead atoms. The number of hydrogen-bond donors (Lipinski definition) is 0. The van der Waals surface area contributed by atoms with Crippen LogP contribution in [0.2, 0.25) is 19.6 Å². The van der Waals surface area contributed by atoms with E-state index < -0.39 is 14.0 Å². The summed E-state index contributed by atoms with van der Waals surface area (Å²) < 4.78 is 34.1. The average Bonchev–Trinajstić information content (AvgIpc) is 4.24. The van der Waals surface area contributed by atoms with Gasteiger partial charge in [0.1, 0.15) is 11.4 Å². The number of aromatic nitrogens is 3. The minimum absolute atomic E-state index is 0. The van der Waals surface area contributed by atoms with Crippen molar-refractivity contribution in [1.29, 1.82) is 0 Å². The summed E-state index contributed by atoms with van der Waals surface area (Å²) in [6.45, 7) is 12.9. The van der Waals surface area contributed by atoms with Crippen LogP contribution in [0.4, 0.5) is 4.39 Å². The van der Waals surface area contributed by atoms with Gasteiger partial charge in [-0.05, 0) is 68.0 Å². The van der Waals surface area contributed by atoms with Crippen molar-refractivity contribution in [2.24, 2.45) is 0 Å². The number of furan rings is 1. The van der Waals surface area contributed by atoms with Gasteiger partial charge in [-0.3, -0.25) is 4.98 Å². The molecule has 0 fully saturated rings. The van der Waals surface area contributed by atoms with Crippen molar-refractivity contribution < 1.29 is 30.3 Å². The first-order valence-corrected chi connectivity index (χ1v) is 29.0. The van der Waals surface area contributed by atoms with E-state index in [2.05, 4.69) is 145 Å². The van der Waals surface area contributed by atoms with E-state index in [9.17, 15) is 0 Å². The summed E-state index contributed by atoms with van der Waals surface area (Å²) in [4.78, 5) is 10.2. The Balaban J connectivity index is 0.000000255. The Morgan fingerprint density at radius 2 is 1.22 bits per heavy atom. The maximum Gasteiger partial charge on any atom is 0.131 e. The van der Waals surface area contributed by atoms with Crippen LogP contribution in [-0.2, 0) is 20.1 Å². The summed E-state index contributed by atoms with van der Waals surface area (Å²) in [5, 5.41) is 7.65. The molecule has 4 nitrogen and oxygen atoms in total. The second kappa shape index (κ2) is 20.6. The first-order valence-electron chi connectivity index (χ1n) is 26.0. The molecule has 0 spiro atoms. The van der Waals surface area contributed by atoms with Gasteiger partial charge in [0.05, 0.1) is 30.5 Å². The van der Waals surface area contributed by atoms with Crippen LogP contribution in [-0.4, -0.2) is 22.6 Å². The van der Waals surface area contributed by atoms with E-state index in [1.807, 2.05) is 123 Å². The number of hydrogen-bond acceptors (Lipinski definition) is 3.